The molecule has 0 aromatic carbocycles. The maximum Gasteiger partial charge on any atom is 0.0952 e. The van der Waals surface area contributed by atoms with Crippen molar-refractivity contribution in [3.8, 4) is 0 Å². The summed E-state index contributed by atoms with van der Waals surface area (Å²) in [5, 5.41) is 0. The van der Waals surface area contributed by atoms with Crippen molar-refractivity contribution in [3.63, 3.8) is 0 Å². The fourth-order valence-electron chi connectivity index (χ4n) is 1.69. The molecule has 0 aliphatic heterocycles. The van der Waals surface area contributed by atoms with E-state index in [9.17, 15) is 0 Å². The van der Waals surface area contributed by atoms with Gasteiger partial charge in [-0.2, -0.15) is 0 Å². The highest BCUT2D eigenvalue weighted by Gasteiger charge is 2.08. The second kappa shape index (κ2) is 4.45. The topological polar surface area (TPSA) is 56.7 Å². The molecule has 0 saturated heterocycles. The van der Waals surface area contributed by atoms with Gasteiger partial charge >= 0.3 is 0 Å². The molecular weight excluding hydrogens is 200 g/mol. The van der Waals surface area contributed by atoms with Crippen LogP contribution in [0.1, 0.15) is 29.9 Å². The molecule has 4 heteroatoms. The van der Waals surface area contributed by atoms with Gasteiger partial charge in [0.1, 0.15) is 0 Å². The monoisotopic (exact) mass is 216 g/mol. The summed E-state index contributed by atoms with van der Waals surface area (Å²) in [4.78, 5) is 8.49. The number of nitrogens with zero attached hydrogens (tertiary/aromatic N) is 3. The summed E-state index contributed by atoms with van der Waals surface area (Å²) < 4.78 is 2.04. The first-order valence-corrected chi connectivity index (χ1v) is 5.34. The SMILES string of the molecule is Cc1cccnc1Cn1cncc1[C@@H](C)N. The average molecular weight is 216 g/mol. The van der Waals surface area contributed by atoms with Gasteiger partial charge in [-0.1, -0.05) is 6.07 Å². The van der Waals surface area contributed by atoms with E-state index in [1.165, 1.54) is 5.56 Å². The number of pyridine rings is 1. The van der Waals surface area contributed by atoms with Gasteiger partial charge in [0.05, 0.1) is 24.3 Å². The Hall–Kier alpha value is -1.68. The molecule has 0 bridgehead atoms. The van der Waals surface area contributed by atoms with Crippen molar-refractivity contribution in [2.45, 2.75) is 26.4 Å². The minimum absolute atomic E-state index is 0.00785. The van der Waals surface area contributed by atoms with Crippen LogP contribution in [-0.2, 0) is 6.54 Å². The first-order chi connectivity index (χ1) is 7.68. The number of aryl methyl sites for hydroxylation is 1. The standard InChI is InChI=1S/C12H16N4/c1-9-4-3-5-15-11(9)7-16-8-14-6-12(16)10(2)13/h3-6,8,10H,7,13H2,1-2H3/t10-/m1/s1. The third kappa shape index (κ3) is 2.12. The zero-order valence-corrected chi connectivity index (χ0v) is 9.59. The van der Waals surface area contributed by atoms with Crippen LogP contribution in [0.15, 0.2) is 30.9 Å². The van der Waals surface area contributed by atoms with E-state index in [0.29, 0.717) is 0 Å². The fourth-order valence-corrected chi connectivity index (χ4v) is 1.69. The molecular formula is C12H16N4. The molecule has 0 fully saturated rings. The van der Waals surface area contributed by atoms with Crippen LogP contribution in [0.25, 0.3) is 0 Å². The van der Waals surface area contributed by atoms with Crippen LogP contribution < -0.4 is 5.73 Å². The summed E-state index contributed by atoms with van der Waals surface area (Å²) in [5.41, 5.74) is 9.15. The highest BCUT2D eigenvalue weighted by Crippen LogP contribution is 2.12. The van der Waals surface area contributed by atoms with Gasteiger partial charge in [0.25, 0.3) is 0 Å². The molecule has 84 valence electrons. The predicted molar refractivity (Wildman–Crippen MR) is 62.9 cm³/mol. The molecule has 4 nitrogen and oxygen atoms in total. The molecule has 0 radical (unpaired) electrons. The molecule has 1 atom stereocenters. The molecule has 2 N–H and O–H groups in total. The molecule has 2 aromatic rings. The Labute approximate surface area is 95.1 Å². The van der Waals surface area contributed by atoms with Crippen LogP contribution in [0.5, 0.6) is 0 Å². The lowest BCUT2D eigenvalue weighted by atomic mass is 10.2. The maximum atomic E-state index is 5.87. The van der Waals surface area contributed by atoms with E-state index in [1.54, 1.807) is 6.33 Å². The minimum Gasteiger partial charge on any atom is -0.327 e. The molecule has 2 aromatic heterocycles. The summed E-state index contributed by atoms with van der Waals surface area (Å²) in [6.07, 6.45) is 5.42. The average Bonchev–Trinajstić information content (AvgIpc) is 2.69. The predicted octanol–water partition coefficient (Wildman–Crippen LogP) is 1.65. The van der Waals surface area contributed by atoms with Gasteiger partial charge in [-0.3, -0.25) is 4.98 Å². The zero-order valence-electron chi connectivity index (χ0n) is 9.59. The van der Waals surface area contributed by atoms with Crippen LogP contribution in [-0.4, -0.2) is 14.5 Å². The third-order valence-corrected chi connectivity index (χ3v) is 2.65. The van der Waals surface area contributed by atoms with Crippen LogP contribution in [0.4, 0.5) is 0 Å². The van der Waals surface area contributed by atoms with Crippen molar-refractivity contribution < 1.29 is 0 Å². The molecule has 0 unspecified atom stereocenters. The second-order valence-corrected chi connectivity index (χ2v) is 4.00. The van der Waals surface area contributed by atoms with Gasteiger partial charge in [-0.05, 0) is 25.5 Å². The molecule has 16 heavy (non-hydrogen) atoms. The van der Waals surface area contributed by atoms with Gasteiger partial charge in [0, 0.05) is 18.4 Å². The normalized spacial score (nSPS) is 12.7. The van der Waals surface area contributed by atoms with Crippen molar-refractivity contribution in [1.29, 1.82) is 0 Å². The highest BCUT2D eigenvalue weighted by molar-refractivity contribution is 5.19. The Balaban J connectivity index is 2.27. The largest absolute Gasteiger partial charge is 0.327 e. The first kappa shape index (κ1) is 10.8. The number of hydrogen-bond acceptors (Lipinski definition) is 3. The smallest absolute Gasteiger partial charge is 0.0952 e. The quantitative estimate of drug-likeness (QED) is 0.848. The van der Waals surface area contributed by atoms with Gasteiger partial charge in [-0.25, -0.2) is 4.98 Å². The highest BCUT2D eigenvalue weighted by atomic mass is 15.1. The molecule has 0 aliphatic carbocycles. The van der Waals surface area contributed by atoms with E-state index in [2.05, 4.69) is 23.0 Å². The summed E-state index contributed by atoms with van der Waals surface area (Å²) in [7, 11) is 0. The first-order valence-electron chi connectivity index (χ1n) is 5.34. The molecule has 2 heterocycles. The van der Waals surface area contributed by atoms with Gasteiger partial charge in [0.15, 0.2) is 0 Å². The van der Waals surface area contributed by atoms with Gasteiger partial charge < -0.3 is 10.3 Å². The Morgan fingerprint density at radius 2 is 2.31 bits per heavy atom. The number of hydrogen-bond donors (Lipinski definition) is 1. The van der Waals surface area contributed by atoms with Crippen molar-refractivity contribution in [3.05, 3.63) is 47.8 Å². The van der Waals surface area contributed by atoms with E-state index in [-0.39, 0.29) is 6.04 Å². The molecule has 2 rings (SSSR count). The maximum absolute atomic E-state index is 5.87. The third-order valence-electron chi connectivity index (χ3n) is 2.65. The zero-order chi connectivity index (χ0) is 11.5. The van der Waals surface area contributed by atoms with Crippen LogP contribution in [0.2, 0.25) is 0 Å². The van der Waals surface area contributed by atoms with Gasteiger partial charge in [-0.15, -0.1) is 0 Å². The fraction of sp³-hybridized carbons (Fsp3) is 0.333. The van der Waals surface area contributed by atoms with Crippen LogP contribution in [0, 0.1) is 6.92 Å². The summed E-state index contributed by atoms with van der Waals surface area (Å²) >= 11 is 0. The van der Waals surface area contributed by atoms with Crippen LogP contribution in [0.3, 0.4) is 0 Å². The van der Waals surface area contributed by atoms with Crippen molar-refractivity contribution in [1.82, 2.24) is 14.5 Å². The van der Waals surface area contributed by atoms with Gasteiger partial charge in [0.2, 0.25) is 0 Å². The summed E-state index contributed by atoms with van der Waals surface area (Å²) in [5.74, 6) is 0. The summed E-state index contributed by atoms with van der Waals surface area (Å²) in [6.45, 7) is 4.74. The lowest BCUT2D eigenvalue weighted by Crippen LogP contribution is -2.13. The van der Waals surface area contributed by atoms with Crippen LogP contribution >= 0.6 is 0 Å². The van der Waals surface area contributed by atoms with Crippen molar-refractivity contribution >= 4 is 0 Å². The number of aromatic nitrogens is 3. The Kier molecular flexibility index (Phi) is 3.01. The second-order valence-electron chi connectivity index (χ2n) is 4.00. The number of rotatable bonds is 3. The van der Waals surface area contributed by atoms with Crippen molar-refractivity contribution in [2.75, 3.05) is 0 Å². The van der Waals surface area contributed by atoms with E-state index < -0.39 is 0 Å². The molecule has 0 aliphatic rings. The molecule has 0 spiro atoms. The van der Waals surface area contributed by atoms with E-state index in [1.807, 2.05) is 30.0 Å². The lowest BCUT2D eigenvalue weighted by Gasteiger charge is -2.11. The number of nitrogens with two attached hydrogens (primary N) is 1. The Bertz CT molecular complexity index is 473. The van der Waals surface area contributed by atoms with E-state index in [4.69, 9.17) is 5.73 Å². The Morgan fingerprint density at radius 1 is 1.50 bits per heavy atom. The summed E-state index contributed by atoms with van der Waals surface area (Å²) in [6, 6.07) is 4.00. The van der Waals surface area contributed by atoms with E-state index in [0.717, 1.165) is 17.9 Å². The van der Waals surface area contributed by atoms with Crippen molar-refractivity contribution in [2.24, 2.45) is 5.73 Å². The number of imidazole rings is 1. The van der Waals surface area contributed by atoms with E-state index >= 15 is 0 Å². The molecule has 0 amide bonds. The minimum atomic E-state index is -0.00785. The Morgan fingerprint density at radius 3 is 3.00 bits per heavy atom. The lowest BCUT2D eigenvalue weighted by molar-refractivity contribution is 0.663. The molecule has 0 saturated carbocycles.